The van der Waals surface area contributed by atoms with Gasteiger partial charge in [-0.1, -0.05) is 6.07 Å². The molecule has 0 spiro atoms. The highest BCUT2D eigenvalue weighted by Crippen LogP contribution is 2.40. The number of aryl methyl sites for hydroxylation is 2. The first kappa shape index (κ1) is 29.6. The summed E-state index contributed by atoms with van der Waals surface area (Å²) < 4.78 is 27.7. The number of carbonyl (C=O) groups is 1. The number of morpholine rings is 1. The van der Waals surface area contributed by atoms with Crippen LogP contribution in [0.2, 0.25) is 0 Å². The maximum atomic E-state index is 15.5. The van der Waals surface area contributed by atoms with Crippen LogP contribution in [0, 0.1) is 12.7 Å². The van der Waals surface area contributed by atoms with Crippen molar-refractivity contribution in [1.29, 1.82) is 0 Å². The van der Waals surface area contributed by atoms with Crippen LogP contribution in [0.3, 0.4) is 0 Å². The molecule has 4 aliphatic rings. The molecule has 2 aromatic heterocycles. The molecule has 10 nitrogen and oxygen atoms in total. The van der Waals surface area contributed by atoms with Crippen molar-refractivity contribution < 1.29 is 23.8 Å². The predicted octanol–water partition coefficient (Wildman–Crippen LogP) is 4.52. The Morgan fingerprint density at radius 2 is 2.07 bits per heavy atom. The highest BCUT2D eigenvalue weighted by molar-refractivity contribution is 6.03. The zero-order valence-electron chi connectivity index (χ0n) is 26.0. The predicted molar refractivity (Wildman–Crippen MR) is 170 cm³/mol. The Labute approximate surface area is 261 Å². The quantitative estimate of drug-likeness (QED) is 0.344. The number of aromatic nitrogens is 3. The zero-order chi connectivity index (χ0) is 31.3. The Morgan fingerprint density at radius 3 is 2.91 bits per heavy atom. The first-order chi connectivity index (χ1) is 21.7. The number of halogens is 1. The van der Waals surface area contributed by atoms with E-state index in [9.17, 15) is 9.90 Å². The number of rotatable bonds is 3. The van der Waals surface area contributed by atoms with Crippen molar-refractivity contribution in [2.45, 2.75) is 57.6 Å². The molecule has 0 radical (unpaired) electrons. The van der Waals surface area contributed by atoms with Crippen LogP contribution in [0.25, 0.3) is 32.9 Å². The molecule has 2 atom stereocenters. The molecule has 0 saturated carbocycles. The largest absolute Gasteiger partial charge is 0.508 e. The van der Waals surface area contributed by atoms with Crippen molar-refractivity contribution in [2.75, 3.05) is 51.3 Å². The molecule has 6 bridgehead atoms. The number of aromatic hydroxyl groups is 1. The lowest BCUT2D eigenvalue weighted by Gasteiger charge is -2.42. The van der Waals surface area contributed by atoms with E-state index in [0.717, 1.165) is 43.4 Å². The molecule has 8 rings (SSSR count). The summed E-state index contributed by atoms with van der Waals surface area (Å²) in [5.41, 5.74) is 2.68. The molecule has 4 aliphatic heterocycles. The Balaban J connectivity index is 1.43. The molecular formula is C34H39FN6O4. The van der Waals surface area contributed by atoms with Gasteiger partial charge in [0.05, 0.1) is 28.7 Å². The number of piperidine rings is 1. The first-order valence-electron chi connectivity index (χ1n) is 15.8. The van der Waals surface area contributed by atoms with E-state index in [4.69, 9.17) is 24.4 Å². The number of ether oxygens (including phenoxy) is 2. The van der Waals surface area contributed by atoms with Gasteiger partial charge in [0.1, 0.15) is 30.1 Å². The minimum absolute atomic E-state index is 0.0554. The van der Waals surface area contributed by atoms with E-state index < -0.39 is 5.54 Å². The Kier molecular flexibility index (Phi) is 7.69. The van der Waals surface area contributed by atoms with Crippen LogP contribution in [-0.4, -0.2) is 88.9 Å². The van der Waals surface area contributed by atoms with Crippen molar-refractivity contribution in [3.05, 3.63) is 47.4 Å². The SMILES string of the molecule is Cc1c2ncc3c(nc(OC[C@@H]4CN(C)CCO4)nc13)N1CCC[C@](C)(C1)NC(=O)CCCc1c(F)ccc3cc(O)cc-2c13. The highest BCUT2D eigenvalue weighted by atomic mass is 19.1. The Morgan fingerprint density at radius 1 is 1.20 bits per heavy atom. The third kappa shape index (κ3) is 5.75. The smallest absolute Gasteiger partial charge is 0.319 e. The topological polar surface area (TPSA) is 113 Å². The first-order valence-corrected chi connectivity index (χ1v) is 15.8. The van der Waals surface area contributed by atoms with E-state index in [1.807, 2.05) is 6.92 Å². The molecule has 45 heavy (non-hydrogen) atoms. The number of phenolic OH excluding ortho intramolecular Hbond substituents is 1. The monoisotopic (exact) mass is 614 g/mol. The Hall–Kier alpha value is -4.09. The molecule has 2 N–H and O–H groups in total. The van der Waals surface area contributed by atoms with Gasteiger partial charge in [-0.15, -0.1) is 0 Å². The summed E-state index contributed by atoms with van der Waals surface area (Å²) in [5.74, 6) is 0.349. The molecule has 0 unspecified atom stereocenters. The van der Waals surface area contributed by atoms with E-state index in [1.54, 1.807) is 24.4 Å². The van der Waals surface area contributed by atoms with Crippen LogP contribution >= 0.6 is 0 Å². The third-order valence-electron chi connectivity index (χ3n) is 9.35. The van der Waals surface area contributed by atoms with E-state index in [1.165, 1.54) is 6.07 Å². The standard InChI is InChI=1S/C34H39FN6O4/c1-20-30-25-15-22(42)14-21-8-9-27(35)24(29(21)25)6-4-7-28(43)39-34(2)10-5-11-41(19-34)32-26(16-36-30)31(20)37-33(38-32)45-18-23-17-40(3)12-13-44-23/h8-9,14-16,23,42H,4-7,10-13,17-19H2,1-3H3,(H,39,43)/t23-,34+/m0/s1. The van der Waals surface area contributed by atoms with Gasteiger partial charge in [0.15, 0.2) is 0 Å². The lowest BCUT2D eigenvalue weighted by molar-refractivity contribution is -0.123. The van der Waals surface area contributed by atoms with Crippen LogP contribution < -0.4 is 15.0 Å². The van der Waals surface area contributed by atoms with Gasteiger partial charge >= 0.3 is 6.01 Å². The number of carbonyl (C=O) groups excluding carboxylic acids is 1. The average molecular weight is 615 g/mol. The van der Waals surface area contributed by atoms with Crippen LogP contribution in [0.5, 0.6) is 11.8 Å². The number of hydrogen-bond donors (Lipinski definition) is 2. The third-order valence-corrected chi connectivity index (χ3v) is 9.35. The summed E-state index contributed by atoms with van der Waals surface area (Å²) in [4.78, 5) is 32.4. The molecule has 11 heteroatoms. The molecular weight excluding hydrogens is 575 g/mol. The van der Waals surface area contributed by atoms with Crippen molar-refractivity contribution in [2.24, 2.45) is 0 Å². The van der Waals surface area contributed by atoms with E-state index in [0.29, 0.717) is 71.5 Å². The summed E-state index contributed by atoms with van der Waals surface area (Å²) in [6.07, 6.45) is 4.49. The van der Waals surface area contributed by atoms with Crippen LogP contribution in [0.4, 0.5) is 10.2 Å². The molecule has 1 amide bonds. The van der Waals surface area contributed by atoms with Gasteiger partial charge in [0.2, 0.25) is 5.91 Å². The lowest BCUT2D eigenvalue weighted by atomic mass is 9.89. The number of anilines is 1. The second-order valence-electron chi connectivity index (χ2n) is 13.0. The van der Waals surface area contributed by atoms with Gasteiger partial charge in [-0.3, -0.25) is 9.78 Å². The number of benzene rings is 2. The van der Waals surface area contributed by atoms with Gasteiger partial charge in [-0.2, -0.15) is 9.97 Å². The number of hydrogen-bond acceptors (Lipinski definition) is 9. The van der Waals surface area contributed by atoms with Crippen LogP contribution in [-0.2, 0) is 16.0 Å². The summed E-state index contributed by atoms with van der Waals surface area (Å²) >= 11 is 0. The number of nitrogens with zero attached hydrogens (tertiary/aromatic N) is 5. The number of phenols is 1. The van der Waals surface area contributed by atoms with Gasteiger partial charge < -0.3 is 29.7 Å². The molecule has 2 saturated heterocycles. The highest BCUT2D eigenvalue weighted by Gasteiger charge is 2.34. The maximum absolute atomic E-state index is 15.5. The number of fused-ring (bicyclic) bond motifs is 5. The van der Waals surface area contributed by atoms with Gasteiger partial charge in [0.25, 0.3) is 0 Å². The number of pyridine rings is 1. The minimum atomic E-state index is -0.469. The fourth-order valence-electron chi connectivity index (χ4n) is 7.17. The summed E-state index contributed by atoms with van der Waals surface area (Å²) in [5, 5.41) is 16.2. The minimum Gasteiger partial charge on any atom is -0.508 e. The normalized spacial score (nSPS) is 22.7. The lowest BCUT2D eigenvalue weighted by Crippen LogP contribution is -2.57. The molecule has 236 valence electrons. The van der Waals surface area contributed by atoms with Crippen molar-refractivity contribution in [1.82, 2.24) is 25.2 Å². The van der Waals surface area contributed by atoms with E-state index in [-0.39, 0.29) is 36.0 Å². The molecule has 6 heterocycles. The fourth-order valence-corrected chi connectivity index (χ4v) is 7.17. The van der Waals surface area contributed by atoms with E-state index in [2.05, 4.69) is 29.1 Å². The van der Waals surface area contributed by atoms with Crippen LogP contribution in [0.15, 0.2) is 30.5 Å². The van der Waals surface area contributed by atoms with Gasteiger partial charge in [-0.05, 0) is 81.1 Å². The summed E-state index contributed by atoms with van der Waals surface area (Å²) in [7, 11) is 2.06. The maximum Gasteiger partial charge on any atom is 0.319 e. The summed E-state index contributed by atoms with van der Waals surface area (Å²) in [6, 6.07) is 6.60. The molecule has 2 aromatic carbocycles. The molecule has 4 aromatic rings. The fraction of sp³-hybridized carbons (Fsp3) is 0.471. The average Bonchev–Trinajstić information content (AvgIpc) is 3.00. The second kappa shape index (κ2) is 11.7. The zero-order valence-corrected chi connectivity index (χ0v) is 26.0. The second-order valence-corrected chi connectivity index (χ2v) is 13.0. The van der Waals surface area contributed by atoms with Gasteiger partial charge in [0, 0.05) is 49.9 Å². The number of nitrogens with one attached hydrogen (secondary N) is 1. The molecule has 2 fully saturated rings. The van der Waals surface area contributed by atoms with E-state index >= 15 is 4.39 Å². The van der Waals surface area contributed by atoms with Crippen molar-refractivity contribution >= 4 is 33.4 Å². The Bertz CT molecular complexity index is 1800. The number of amides is 1. The van der Waals surface area contributed by atoms with Crippen molar-refractivity contribution in [3.63, 3.8) is 0 Å². The van der Waals surface area contributed by atoms with Crippen LogP contribution in [0.1, 0.15) is 43.7 Å². The van der Waals surface area contributed by atoms with Crippen molar-refractivity contribution in [3.8, 4) is 23.0 Å². The summed E-state index contributed by atoms with van der Waals surface area (Å²) in [6.45, 7) is 7.91. The number of likely N-dealkylation sites (N-methyl/N-ethyl adjacent to an activating group) is 1. The molecule has 0 aliphatic carbocycles. The van der Waals surface area contributed by atoms with Gasteiger partial charge in [-0.25, -0.2) is 4.39 Å².